The molecule has 0 fully saturated rings. The van der Waals surface area contributed by atoms with E-state index in [1.165, 1.54) is 24.3 Å². The number of sulfone groups is 1. The Balaban J connectivity index is 1.86. The minimum Gasteiger partial charge on any atom is -0.324 e. The maximum absolute atomic E-state index is 13.4. The summed E-state index contributed by atoms with van der Waals surface area (Å²) in [4.78, 5) is 23.8. The Kier molecular flexibility index (Phi) is 5.76. The summed E-state index contributed by atoms with van der Waals surface area (Å²) >= 11 is 5.64. The lowest BCUT2D eigenvalue weighted by atomic mass is 10.3. The van der Waals surface area contributed by atoms with Gasteiger partial charge >= 0.3 is 0 Å². The molecule has 0 unspecified atom stereocenters. The third-order valence-corrected chi connectivity index (χ3v) is 5.65. The Hall–Kier alpha value is -3.11. The molecular formula is C18H12ClF2N3O4S. The predicted molar refractivity (Wildman–Crippen MR) is 100 cm³/mol. The monoisotopic (exact) mass is 439 g/mol. The number of benzene rings is 2. The van der Waals surface area contributed by atoms with Crippen LogP contribution in [-0.2, 0) is 21.2 Å². The highest BCUT2D eigenvalue weighted by molar-refractivity contribution is 7.91. The van der Waals surface area contributed by atoms with Gasteiger partial charge in [0.2, 0.25) is 15.7 Å². The zero-order valence-electron chi connectivity index (χ0n) is 14.5. The highest BCUT2D eigenvalue weighted by atomic mass is 35.5. The van der Waals surface area contributed by atoms with E-state index in [9.17, 15) is 26.8 Å². The van der Waals surface area contributed by atoms with Crippen molar-refractivity contribution in [2.45, 2.75) is 16.5 Å². The summed E-state index contributed by atoms with van der Waals surface area (Å²) in [5, 5.41) is 5.37. The third-order valence-electron chi connectivity index (χ3n) is 3.72. The zero-order chi connectivity index (χ0) is 21.2. The fraction of sp³-hybridized carbons (Fsp3) is 0.0556. The molecule has 0 spiro atoms. The van der Waals surface area contributed by atoms with Gasteiger partial charge in [0.25, 0.3) is 5.56 Å². The number of nitrogens with zero attached hydrogens (tertiary/aromatic N) is 2. The van der Waals surface area contributed by atoms with Crippen molar-refractivity contribution in [3.63, 3.8) is 0 Å². The van der Waals surface area contributed by atoms with E-state index in [1.807, 2.05) is 0 Å². The summed E-state index contributed by atoms with van der Waals surface area (Å²) in [6.07, 6.45) is 0. The molecule has 3 rings (SSSR count). The van der Waals surface area contributed by atoms with Crippen molar-refractivity contribution in [1.82, 2.24) is 9.78 Å². The van der Waals surface area contributed by atoms with Crippen molar-refractivity contribution in [2.75, 3.05) is 5.32 Å². The number of carbonyl (C=O) groups excluding carboxylic acids is 1. The third kappa shape index (κ3) is 4.66. The van der Waals surface area contributed by atoms with Gasteiger partial charge < -0.3 is 5.32 Å². The molecule has 3 aromatic rings. The normalized spacial score (nSPS) is 11.3. The van der Waals surface area contributed by atoms with E-state index >= 15 is 0 Å². The van der Waals surface area contributed by atoms with E-state index in [4.69, 9.17) is 11.6 Å². The summed E-state index contributed by atoms with van der Waals surface area (Å²) in [5.74, 6) is -2.14. The standard InChI is InChI=1S/C18H12ClF2N3O4S/c19-14-9-12(4-5-15(14)21)22-16(25)10-24-18(26)7-6-17(23-24)29(27,28)13-3-1-2-11(20)8-13/h1-9H,10H2,(H,22,25). The molecule has 0 radical (unpaired) electrons. The molecule has 0 aliphatic carbocycles. The van der Waals surface area contributed by atoms with Crippen molar-refractivity contribution in [1.29, 1.82) is 0 Å². The fourth-order valence-electron chi connectivity index (χ4n) is 2.35. The predicted octanol–water partition coefficient (Wildman–Crippen LogP) is 2.65. The maximum Gasteiger partial charge on any atom is 0.267 e. The summed E-state index contributed by atoms with van der Waals surface area (Å²) < 4.78 is 52.4. The first-order chi connectivity index (χ1) is 13.7. The number of halogens is 3. The van der Waals surface area contributed by atoms with Crippen LogP contribution < -0.4 is 10.9 Å². The number of hydrogen-bond acceptors (Lipinski definition) is 5. The minimum absolute atomic E-state index is 0.179. The van der Waals surface area contributed by atoms with Crippen molar-refractivity contribution in [2.24, 2.45) is 0 Å². The average Bonchev–Trinajstić information content (AvgIpc) is 2.66. The highest BCUT2D eigenvalue weighted by Gasteiger charge is 2.21. The first-order valence-electron chi connectivity index (χ1n) is 8.00. The van der Waals surface area contributed by atoms with Crippen LogP contribution in [0.4, 0.5) is 14.5 Å². The van der Waals surface area contributed by atoms with Crippen LogP contribution >= 0.6 is 11.6 Å². The van der Waals surface area contributed by atoms with Crippen LogP contribution in [0, 0.1) is 11.6 Å². The molecule has 1 heterocycles. The van der Waals surface area contributed by atoms with Gasteiger partial charge in [-0.2, -0.15) is 5.10 Å². The van der Waals surface area contributed by atoms with Crippen molar-refractivity contribution >= 4 is 33.0 Å². The van der Waals surface area contributed by atoms with Crippen molar-refractivity contribution in [3.05, 3.63) is 81.6 Å². The first-order valence-corrected chi connectivity index (χ1v) is 9.86. The highest BCUT2D eigenvalue weighted by Crippen LogP contribution is 2.20. The van der Waals surface area contributed by atoms with E-state index in [0.717, 1.165) is 30.3 Å². The molecular weight excluding hydrogens is 428 g/mol. The van der Waals surface area contributed by atoms with Gasteiger partial charge in [-0.3, -0.25) is 9.59 Å². The molecule has 0 atom stereocenters. The topological polar surface area (TPSA) is 98.1 Å². The smallest absolute Gasteiger partial charge is 0.267 e. The molecule has 0 saturated heterocycles. The van der Waals surface area contributed by atoms with Crippen molar-refractivity contribution in [3.8, 4) is 0 Å². The number of amides is 1. The summed E-state index contributed by atoms with van der Waals surface area (Å²) in [6.45, 7) is -0.611. The molecule has 7 nitrogen and oxygen atoms in total. The van der Waals surface area contributed by atoms with Gasteiger partial charge in [0.05, 0.1) is 9.92 Å². The van der Waals surface area contributed by atoms with Crippen LogP contribution in [0.3, 0.4) is 0 Å². The second-order valence-electron chi connectivity index (χ2n) is 5.81. The molecule has 29 heavy (non-hydrogen) atoms. The Morgan fingerprint density at radius 2 is 1.86 bits per heavy atom. The molecule has 1 amide bonds. The van der Waals surface area contributed by atoms with E-state index in [1.54, 1.807) is 0 Å². The Morgan fingerprint density at radius 3 is 2.55 bits per heavy atom. The number of rotatable bonds is 5. The summed E-state index contributed by atoms with van der Waals surface area (Å²) in [6, 6.07) is 9.69. The van der Waals surface area contributed by atoms with Gasteiger partial charge in [0.1, 0.15) is 18.2 Å². The van der Waals surface area contributed by atoms with Gasteiger partial charge in [0.15, 0.2) is 5.03 Å². The minimum atomic E-state index is -4.21. The molecule has 1 N–H and O–H groups in total. The van der Waals surface area contributed by atoms with Crippen LogP contribution in [0.1, 0.15) is 0 Å². The molecule has 0 aliphatic rings. The van der Waals surface area contributed by atoms with Crippen LogP contribution in [0.15, 0.2) is 69.3 Å². The lowest BCUT2D eigenvalue weighted by Crippen LogP contribution is -2.30. The van der Waals surface area contributed by atoms with E-state index < -0.39 is 44.5 Å². The van der Waals surface area contributed by atoms with Gasteiger partial charge in [0, 0.05) is 11.8 Å². The molecule has 150 valence electrons. The fourth-order valence-corrected chi connectivity index (χ4v) is 3.75. The Bertz CT molecular complexity index is 1260. The maximum atomic E-state index is 13.4. The van der Waals surface area contributed by atoms with Crippen LogP contribution in [0.5, 0.6) is 0 Å². The quantitative estimate of drug-likeness (QED) is 0.659. The van der Waals surface area contributed by atoms with Gasteiger partial charge in [-0.15, -0.1) is 0 Å². The van der Waals surface area contributed by atoms with Gasteiger partial charge in [-0.05, 0) is 42.5 Å². The second kappa shape index (κ2) is 8.10. The molecule has 0 bridgehead atoms. The Labute approximate surface area is 168 Å². The molecule has 0 saturated carbocycles. The summed E-state index contributed by atoms with van der Waals surface area (Å²) in [7, 11) is -4.21. The van der Waals surface area contributed by atoms with Gasteiger partial charge in [-0.25, -0.2) is 21.9 Å². The van der Waals surface area contributed by atoms with Crippen molar-refractivity contribution < 1.29 is 22.0 Å². The number of anilines is 1. The lowest BCUT2D eigenvalue weighted by molar-refractivity contribution is -0.117. The van der Waals surface area contributed by atoms with E-state index in [-0.39, 0.29) is 15.6 Å². The molecule has 0 aliphatic heterocycles. The van der Waals surface area contributed by atoms with Crippen LogP contribution in [0.2, 0.25) is 5.02 Å². The number of carbonyl (C=O) groups is 1. The SMILES string of the molecule is O=C(Cn1nc(S(=O)(=O)c2cccc(F)c2)ccc1=O)Nc1ccc(F)c(Cl)c1. The van der Waals surface area contributed by atoms with E-state index in [0.29, 0.717) is 4.68 Å². The van der Waals surface area contributed by atoms with Gasteiger partial charge in [-0.1, -0.05) is 17.7 Å². The second-order valence-corrected chi connectivity index (χ2v) is 8.11. The number of nitrogens with one attached hydrogen (secondary N) is 1. The molecule has 11 heteroatoms. The Morgan fingerprint density at radius 1 is 1.10 bits per heavy atom. The molecule has 1 aromatic heterocycles. The average molecular weight is 440 g/mol. The number of hydrogen-bond donors (Lipinski definition) is 1. The lowest BCUT2D eigenvalue weighted by Gasteiger charge is -2.09. The first kappa shape index (κ1) is 20.6. The van der Waals surface area contributed by atoms with E-state index in [2.05, 4.69) is 10.4 Å². The van der Waals surface area contributed by atoms with Crippen LogP contribution in [-0.4, -0.2) is 24.1 Å². The van der Waals surface area contributed by atoms with Crippen LogP contribution in [0.25, 0.3) is 0 Å². The number of aromatic nitrogens is 2. The summed E-state index contributed by atoms with van der Waals surface area (Å²) in [5.41, 5.74) is -0.548. The zero-order valence-corrected chi connectivity index (χ0v) is 16.0. The largest absolute Gasteiger partial charge is 0.324 e. The molecule has 2 aromatic carbocycles.